The van der Waals surface area contributed by atoms with Gasteiger partial charge in [0.05, 0.1) is 0 Å². The molecule has 1 aromatic rings. The molecule has 0 aliphatic carbocycles. The Bertz CT molecular complexity index is 284. The standard InChI is InChI=1S/C12H20N2S/c1-10(12-6-4-8-15-12)14-7-3-2-5-11(14)9-13/h4,6,8,10-11H,2-3,5,7,9,13H2,1H3/t10-,11-/m0/s1. The Morgan fingerprint density at radius 3 is 3.13 bits per heavy atom. The van der Waals surface area contributed by atoms with Crippen molar-refractivity contribution in [2.75, 3.05) is 13.1 Å². The van der Waals surface area contributed by atoms with E-state index >= 15 is 0 Å². The van der Waals surface area contributed by atoms with Crippen molar-refractivity contribution in [2.24, 2.45) is 5.73 Å². The molecule has 2 atom stereocenters. The lowest BCUT2D eigenvalue weighted by atomic mass is 10.00. The minimum atomic E-state index is 0.541. The average molecular weight is 224 g/mol. The average Bonchev–Trinajstić information content (AvgIpc) is 2.81. The molecule has 2 nitrogen and oxygen atoms in total. The van der Waals surface area contributed by atoms with E-state index in [1.54, 1.807) is 0 Å². The molecule has 0 bridgehead atoms. The second-order valence-corrected chi connectivity index (χ2v) is 5.29. The minimum Gasteiger partial charge on any atom is -0.329 e. The van der Waals surface area contributed by atoms with Crippen molar-refractivity contribution in [2.45, 2.75) is 38.3 Å². The van der Waals surface area contributed by atoms with Crippen LogP contribution < -0.4 is 5.73 Å². The lowest BCUT2D eigenvalue weighted by molar-refractivity contribution is 0.109. The summed E-state index contributed by atoms with van der Waals surface area (Å²) in [6.45, 7) is 4.32. The molecule has 1 saturated heterocycles. The summed E-state index contributed by atoms with van der Waals surface area (Å²) in [6, 6.07) is 5.50. The Morgan fingerprint density at radius 1 is 1.60 bits per heavy atom. The summed E-state index contributed by atoms with van der Waals surface area (Å²) >= 11 is 1.85. The van der Waals surface area contributed by atoms with Gasteiger partial charge in [-0.15, -0.1) is 11.3 Å². The molecule has 84 valence electrons. The SMILES string of the molecule is C[C@@H](c1cccs1)N1CCCC[C@H]1CN. The van der Waals surface area contributed by atoms with Gasteiger partial charge in [0, 0.05) is 23.5 Å². The van der Waals surface area contributed by atoms with Gasteiger partial charge in [0.25, 0.3) is 0 Å². The van der Waals surface area contributed by atoms with E-state index in [0.717, 1.165) is 6.54 Å². The van der Waals surface area contributed by atoms with Crippen LogP contribution in [0.25, 0.3) is 0 Å². The van der Waals surface area contributed by atoms with Gasteiger partial charge in [0.2, 0.25) is 0 Å². The van der Waals surface area contributed by atoms with E-state index in [9.17, 15) is 0 Å². The molecule has 2 heterocycles. The normalized spacial score (nSPS) is 25.3. The fourth-order valence-corrected chi connectivity index (χ4v) is 3.28. The molecule has 2 N–H and O–H groups in total. The number of rotatable bonds is 3. The van der Waals surface area contributed by atoms with E-state index in [-0.39, 0.29) is 0 Å². The van der Waals surface area contributed by atoms with E-state index in [1.807, 2.05) is 11.3 Å². The molecule has 1 aromatic heterocycles. The molecule has 0 aromatic carbocycles. The Balaban J connectivity index is 2.07. The van der Waals surface area contributed by atoms with Crippen molar-refractivity contribution >= 4 is 11.3 Å². The fraction of sp³-hybridized carbons (Fsp3) is 0.667. The van der Waals surface area contributed by atoms with Crippen LogP contribution in [-0.4, -0.2) is 24.0 Å². The third kappa shape index (κ3) is 2.41. The highest BCUT2D eigenvalue weighted by molar-refractivity contribution is 7.10. The zero-order valence-corrected chi connectivity index (χ0v) is 10.2. The van der Waals surface area contributed by atoms with Gasteiger partial charge in [0.15, 0.2) is 0 Å². The van der Waals surface area contributed by atoms with Crippen LogP contribution in [-0.2, 0) is 0 Å². The van der Waals surface area contributed by atoms with Gasteiger partial charge >= 0.3 is 0 Å². The Morgan fingerprint density at radius 2 is 2.47 bits per heavy atom. The number of thiophene rings is 1. The molecule has 1 aliphatic heterocycles. The number of hydrogen-bond acceptors (Lipinski definition) is 3. The number of likely N-dealkylation sites (tertiary alicyclic amines) is 1. The van der Waals surface area contributed by atoms with Crippen LogP contribution in [0.3, 0.4) is 0 Å². The summed E-state index contributed by atoms with van der Waals surface area (Å²) < 4.78 is 0. The third-order valence-electron chi connectivity index (χ3n) is 3.40. The van der Waals surface area contributed by atoms with Crippen LogP contribution >= 0.6 is 11.3 Å². The van der Waals surface area contributed by atoms with Crippen molar-refractivity contribution < 1.29 is 0 Å². The van der Waals surface area contributed by atoms with Crippen molar-refractivity contribution in [3.63, 3.8) is 0 Å². The molecule has 0 spiro atoms. The predicted molar refractivity (Wildman–Crippen MR) is 66.1 cm³/mol. The molecule has 0 amide bonds. The second-order valence-electron chi connectivity index (χ2n) is 4.31. The zero-order chi connectivity index (χ0) is 10.7. The minimum absolute atomic E-state index is 0.541. The largest absolute Gasteiger partial charge is 0.329 e. The second kappa shape index (κ2) is 5.10. The van der Waals surface area contributed by atoms with Crippen LogP contribution in [0.1, 0.15) is 37.1 Å². The highest BCUT2D eigenvalue weighted by atomic mass is 32.1. The molecule has 3 heteroatoms. The van der Waals surface area contributed by atoms with Gasteiger partial charge in [-0.1, -0.05) is 12.5 Å². The van der Waals surface area contributed by atoms with E-state index in [0.29, 0.717) is 12.1 Å². The highest BCUT2D eigenvalue weighted by Gasteiger charge is 2.26. The van der Waals surface area contributed by atoms with Gasteiger partial charge in [0.1, 0.15) is 0 Å². The number of hydrogen-bond donors (Lipinski definition) is 1. The van der Waals surface area contributed by atoms with Crippen molar-refractivity contribution in [1.29, 1.82) is 0 Å². The molecular weight excluding hydrogens is 204 g/mol. The molecule has 0 saturated carbocycles. The summed E-state index contributed by atoms with van der Waals surface area (Å²) in [5, 5.41) is 2.16. The third-order valence-corrected chi connectivity index (χ3v) is 4.44. The molecule has 1 aliphatic rings. The van der Waals surface area contributed by atoms with E-state index < -0.39 is 0 Å². The van der Waals surface area contributed by atoms with Crippen LogP contribution in [0.4, 0.5) is 0 Å². The Labute approximate surface area is 96.1 Å². The molecular formula is C12H20N2S. The van der Waals surface area contributed by atoms with Gasteiger partial charge in [-0.05, 0) is 37.8 Å². The summed E-state index contributed by atoms with van der Waals surface area (Å²) in [7, 11) is 0. The van der Waals surface area contributed by atoms with E-state index in [2.05, 4.69) is 29.3 Å². The number of piperidine rings is 1. The summed E-state index contributed by atoms with van der Waals surface area (Å²) in [6.07, 6.45) is 3.94. The van der Waals surface area contributed by atoms with Crippen molar-refractivity contribution in [1.82, 2.24) is 4.90 Å². The maximum absolute atomic E-state index is 5.85. The van der Waals surface area contributed by atoms with Gasteiger partial charge < -0.3 is 5.73 Å². The van der Waals surface area contributed by atoms with Crippen LogP contribution in [0.2, 0.25) is 0 Å². The number of nitrogens with zero attached hydrogens (tertiary/aromatic N) is 1. The van der Waals surface area contributed by atoms with E-state index in [4.69, 9.17) is 5.73 Å². The monoisotopic (exact) mass is 224 g/mol. The van der Waals surface area contributed by atoms with Crippen molar-refractivity contribution in [3.05, 3.63) is 22.4 Å². The van der Waals surface area contributed by atoms with Crippen LogP contribution in [0, 0.1) is 0 Å². The lowest BCUT2D eigenvalue weighted by Crippen LogP contribution is -2.45. The molecule has 2 rings (SSSR count). The van der Waals surface area contributed by atoms with Gasteiger partial charge in [-0.25, -0.2) is 0 Å². The van der Waals surface area contributed by atoms with Crippen LogP contribution in [0.5, 0.6) is 0 Å². The highest BCUT2D eigenvalue weighted by Crippen LogP contribution is 2.30. The molecule has 1 fully saturated rings. The molecule has 15 heavy (non-hydrogen) atoms. The summed E-state index contributed by atoms with van der Waals surface area (Å²) in [5.74, 6) is 0. The number of nitrogens with two attached hydrogens (primary N) is 1. The molecule has 0 unspecified atom stereocenters. The lowest BCUT2D eigenvalue weighted by Gasteiger charge is -2.39. The summed E-state index contributed by atoms with van der Waals surface area (Å²) in [5.41, 5.74) is 5.85. The predicted octanol–water partition coefficient (Wildman–Crippen LogP) is 2.62. The molecule has 0 radical (unpaired) electrons. The Hall–Kier alpha value is -0.380. The first-order valence-electron chi connectivity index (χ1n) is 5.82. The first kappa shape index (κ1) is 11.1. The fourth-order valence-electron chi connectivity index (χ4n) is 2.48. The maximum Gasteiger partial charge on any atom is 0.0416 e. The first-order chi connectivity index (χ1) is 7.33. The topological polar surface area (TPSA) is 29.3 Å². The van der Waals surface area contributed by atoms with E-state index in [1.165, 1.54) is 30.7 Å². The van der Waals surface area contributed by atoms with Crippen molar-refractivity contribution in [3.8, 4) is 0 Å². The zero-order valence-electron chi connectivity index (χ0n) is 9.36. The van der Waals surface area contributed by atoms with Gasteiger partial charge in [-0.2, -0.15) is 0 Å². The first-order valence-corrected chi connectivity index (χ1v) is 6.70. The summed E-state index contributed by atoms with van der Waals surface area (Å²) in [4.78, 5) is 4.05. The smallest absolute Gasteiger partial charge is 0.0416 e. The van der Waals surface area contributed by atoms with Crippen LogP contribution in [0.15, 0.2) is 17.5 Å². The van der Waals surface area contributed by atoms with Gasteiger partial charge in [-0.3, -0.25) is 4.90 Å². The Kier molecular flexibility index (Phi) is 3.78. The quantitative estimate of drug-likeness (QED) is 0.855. The maximum atomic E-state index is 5.85.